The third-order valence-corrected chi connectivity index (χ3v) is 4.41. The van der Waals surface area contributed by atoms with Crippen molar-refractivity contribution in [1.82, 2.24) is 9.55 Å². The van der Waals surface area contributed by atoms with Crippen LogP contribution in [0.25, 0.3) is 21.8 Å². The van der Waals surface area contributed by atoms with Gasteiger partial charge in [0.05, 0.1) is 18.1 Å². The number of hydrogen-bond acceptors (Lipinski definition) is 2. The third-order valence-electron chi connectivity index (χ3n) is 4.41. The van der Waals surface area contributed by atoms with Gasteiger partial charge in [-0.3, -0.25) is 4.57 Å². The van der Waals surface area contributed by atoms with E-state index in [-0.39, 0.29) is 5.69 Å². The zero-order chi connectivity index (χ0) is 16.5. The fraction of sp³-hybridized carbons (Fsp3) is 0.150. The first-order valence-electron chi connectivity index (χ1n) is 7.99. The second-order valence-corrected chi connectivity index (χ2v) is 5.87. The van der Waals surface area contributed by atoms with Gasteiger partial charge in [0.2, 0.25) is 0 Å². The van der Waals surface area contributed by atoms with E-state index in [1.807, 2.05) is 36.4 Å². The predicted molar refractivity (Wildman–Crippen MR) is 96.8 cm³/mol. The Labute approximate surface area is 139 Å². The number of nitrogens with one attached hydrogen (secondary N) is 1. The number of para-hydroxylation sites is 2. The number of rotatable bonds is 4. The van der Waals surface area contributed by atoms with Crippen LogP contribution in [0.3, 0.4) is 0 Å². The van der Waals surface area contributed by atoms with Gasteiger partial charge in [-0.25, -0.2) is 4.79 Å². The van der Waals surface area contributed by atoms with Gasteiger partial charge in [0.25, 0.3) is 0 Å². The Morgan fingerprint density at radius 1 is 1.04 bits per heavy atom. The van der Waals surface area contributed by atoms with Gasteiger partial charge in [-0.1, -0.05) is 42.5 Å². The van der Waals surface area contributed by atoms with Crippen molar-refractivity contribution in [2.24, 2.45) is 0 Å². The summed E-state index contributed by atoms with van der Waals surface area (Å²) in [5.74, 6) is 0.870. The van der Waals surface area contributed by atoms with Crippen molar-refractivity contribution in [2.75, 3.05) is 7.11 Å². The van der Waals surface area contributed by atoms with Gasteiger partial charge in [-0.2, -0.15) is 0 Å². The summed E-state index contributed by atoms with van der Waals surface area (Å²) < 4.78 is 7.31. The van der Waals surface area contributed by atoms with E-state index in [9.17, 15) is 4.79 Å². The first kappa shape index (κ1) is 14.6. The fourth-order valence-corrected chi connectivity index (χ4v) is 3.22. The van der Waals surface area contributed by atoms with Crippen LogP contribution >= 0.6 is 0 Å². The molecule has 1 N–H and O–H groups in total. The number of nitrogens with zero attached hydrogens (tertiary/aromatic N) is 1. The second kappa shape index (κ2) is 5.89. The van der Waals surface area contributed by atoms with Crippen LogP contribution in [0.2, 0.25) is 0 Å². The lowest BCUT2D eigenvalue weighted by Gasteiger charge is -2.10. The zero-order valence-electron chi connectivity index (χ0n) is 13.5. The zero-order valence-corrected chi connectivity index (χ0v) is 13.5. The monoisotopic (exact) mass is 318 g/mol. The number of fused-ring (bicyclic) bond motifs is 2. The maximum atomic E-state index is 12.2. The van der Waals surface area contributed by atoms with E-state index in [4.69, 9.17) is 4.74 Å². The van der Waals surface area contributed by atoms with Crippen molar-refractivity contribution in [3.05, 3.63) is 76.7 Å². The summed E-state index contributed by atoms with van der Waals surface area (Å²) in [6.45, 7) is 0.629. The SMILES string of the molecule is COc1cc(CCn2c(=O)[nH]c3ccccc32)cc2ccccc12. The number of imidazole rings is 1. The number of hydrogen-bond donors (Lipinski definition) is 1. The van der Waals surface area contributed by atoms with E-state index in [2.05, 4.69) is 29.2 Å². The molecule has 3 aromatic carbocycles. The van der Waals surface area contributed by atoms with Crippen LogP contribution < -0.4 is 10.4 Å². The number of methoxy groups -OCH3 is 1. The summed E-state index contributed by atoms with van der Waals surface area (Å²) in [4.78, 5) is 15.1. The molecule has 1 aromatic heterocycles. The van der Waals surface area contributed by atoms with Crippen LogP contribution in [0.4, 0.5) is 0 Å². The number of aromatic amines is 1. The quantitative estimate of drug-likeness (QED) is 0.623. The molecule has 1 heterocycles. The van der Waals surface area contributed by atoms with Gasteiger partial charge >= 0.3 is 5.69 Å². The highest BCUT2D eigenvalue weighted by molar-refractivity contribution is 5.89. The van der Waals surface area contributed by atoms with Crippen molar-refractivity contribution in [1.29, 1.82) is 0 Å². The molecule has 0 bridgehead atoms. The van der Waals surface area contributed by atoms with Gasteiger partial charge in [0, 0.05) is 11.9 Å². The van der Waals surface area contributed by atoms with Gasteiger partial charge in [0.15, 0.2) is 0 Å². The van der Waals surface area contributed by atoms with Crippen molar-refractivity contribution in [3.8, 4) is 5.75 Å². The molecule has 0 atom stereocenters. The van der Waals surface area contributed by atoms with Gasteiger partial charge in [-0.05, 0) is 35.6 Å². The molecule has 0 amide bonds. The fourth-order valence-electron chi connectivity index (χ4n) is 3.22. The number of H-pyrrole nitrogens is 1. The molecule has 0 fully saturated rings. The molecule has 4 heteroatoms. The Hall–Kier alpha value is -3.01. The summed E-state index contributed by atoms with van der Waals surface area (Å²) >= 11 is 0. The molecule has 0 saturated carbocycles. The average Bonchev–Trinajstić information content (AvgIpc) is 2.94. The van der Waals surface area contributed by atoms with Crippen LogP contribution in [0.15, 0.2) is 65.5 Å². The van der Waals surface area contributed by atoms with E-state index in [1.165, 1.54) is 0 Å². The molecule has 4 rings (SSSR count). The first-order chi connectivity index (χ1) is 11.8. The predicted octanol–water partition coefficient (Wildman–Crippen LogP) is 3.73. The highest BCUT2D eigenvalue weighted by Crippen LogP contribution is 2.27. The number of aryl methyl sites for hydroxylation is 2. The molecule has 0 aliphatic carbocycles. The topological polar surface area (TPSA) is 47.0 Å². The Morgan fingerprint density at radius 2 is 1.83 bits per heavy atom. The lowest BCUT2D eigenvalue weighted by molar-refractivity contribution is 0.419. The van der Waals surface area contributed by atoms with E-state index >= 15 is 0 Å². The number of benzene rings is 3. The molecule has 0 aliphatic rings. The summed E-state index contributed by atoms with van der Waals surface area (Å²) in [6.07, 6.45) is 0.767. The van der Waals surface area contributed by atoms with Gasteiger partial charge in [-0.15, -0.1) is 0 Å². The number of ether oxygens (including phenoxy) is 1. The third kappa shape index (κ3) is 2.46. The van der Waals surface area contributed by atoms with Crippen LogP contribution in [0.5, 0.6) is 5.75 Å². The Balaban J connectivity index is 1.69. The largest absolute Gasteiger partial charge is 0.496 e. The molecule has 0 radical (unpaired) electrons. The van der Waals surface area contributed by atoms with Gasteiger partial charge in [0.1, 0.15) is 5.75 Å². The molecule has 0 spiro atoms. The summed E-state index contributed by atoms with van der Waals surface area (Å²) in [7, 11) is 1.69. The van der Waals surface area contributed by atoms with E-state index in [1.54, 1.807) is 11.7 Å². The van der Waals surface area contributed by atoms with Crippen molar-refractivity contribution >= 4 is 21.8 Å². The minimum atomic E-state index is -0.0658. The van der Waals surface area contributed by atoms with Crippen LogP contribution in [0, 0.1) is 0 Å². The molecule has 4 nitrogen and oxygen atoms in total. The maximum absolute atomic E-state index is 12.2. The molecule has 4 aromatic rings. The molecular weight excluding hydrogens is 300 g/mol. The lowest BCUT2D eigenvalue weighted by Crippen LogP contribution is -2.17. The Morgan fingerprint density at radius 3 is 2.71 bits per heavy atom. The highest BCUT2D eigenvalue weighted by atomic mass is 16.5. The second-order valence-electron chi connectivity index (χ2n) is 5.87. The normalized spacial score (nSPS) is 11.2. The molecule has 0 saturated heterocycles. The van der Waals surface area contributed by atoms with Crippen molar-refractivity contribution in [2.45, 2.75) is 13.0 Å². The van der Waals surface area contributed by atoms with Crippen LogP contribution in [-0.2, 0) is 13.0 Å². The minimum absolute atomic E-state index is 0.0658. The number of aromatic nitrogens is 2. The van der Waals surface area contributed by atoms with E-state index < -0.39 is 0 Å². The molecule has 0 unspecified atom stereocenters. The Bertz CT molecular complexity index is 1080. The average molecular weight is 318 g/mol. The molecule has 24 heavy (non-hydrogen) atoms. The van der Waals surface area contributed by atoms with Crippen molar-refractivity contribution in [3.63, 3.8) is 0 Å². The van der Waals surface area contributed by atoms with E-state index in [0.29, 0.717) is 6.54 Å². The van der Waals surface area contributed by atoms with Crippen LogP contribution in [0.1, 0.15) is 5.56 Å². The summed E-state index contributed by atoms with van der Waals surface area (Å²) in [5, 5.41) is 2.26. The first-order valence-corrected chi connectivity index (χ1v) is 7.99. The standard InChI is InChI=1S/C20H18N2O2/c1-24-19-13-14(12-15-6-2-3-7-16(15)19)10-11-22-18-9-5-4-8-17(18)21-20(22)23/h2-9,12-13H,10-11H2,1H3,(H,21,23). The minimum Gasteiger partial charge on any atom is -0.496 e. The lowest BCUT2D eigenvalue weighted by atomic mass is 10.0. The molecule has 120 valence electrons. The molecule has 0 aliphatic heterocycles. The maximum Gasteiger partial charge on any atom is 0.326 e. The highest BCUT2D eigenvalue weighted by Gasteiger charge is 2.08. The summed E-state index contributed by atoms with van der Waals surface area (Å²) in [5.41, 5.74) is 2.90. The van der Waals surface area contributed by atoms with E-state index in [0.717, 1.165) is 39.5 Å². The smallest absolute Gasteiger partial charge is 0.326 e. The van der Waals surface area contributed by atoms with Crippen LogP contribution in [-0.4, -0.2) is 16.7 Å². The Kier molecular flexibility index (Phi) is 3.58. The molecular formula is C20H18N2O2. The van der Waals surface area contributed by atoms with Gasteiger partial charge < -0.3 is 9.72 Å². The summed E-state index contributed by atoms with van der Waals surface area (Å²) in [6, 6.07) is 20.2. The van der Waals surface area contributed by atoms with Crippen molar-refractivity contribution < 1.29 is 4.74 Å².